The van der Waals surface area contributed by atoms with Gasteiger partial charge in [0.05, 0.1) is 11.5 Å². The number of anilines is 2. The highest BCUT2D eigenvalue weighted by Crippen LogP contribution is 2.22. The molecule has 7 nitrogen and oxygen atoms in total. The molecule has 0 aliphatic carbocycles. The van der Waals surface area contributed by atoms with Gasteiger partial charge in [-0.05, 0) is 74.0 Å². The number of halogens is 1. The summed E-state index contributed by atoms with van der Waals surface area (Å²) in [5, 5.41) is 2.66. The molecule has 0 fully saturated rings. The second-order valence-corrected chi connectivity index (χ2v) is 8.70. The van der Waals surface area contributed by atoms with Crippen LogP contribution in [0.2, 0.25) is 0 Å². The molecule has 33 heavy (non-hydrogen) atoms. The Bertz CT molecular complexity index is 1180. The van der Waals surface area contributed by atoms with Crippen molar-refractivity contribution in [1.29, 1.82) is 0 Å². The van der Waals surface area contributed by atoms with E-state index in [4.69, 9.17) is 9.47 Å². The molecule has 3 rings (SSSR count). The van der Waals surface area contributed by atoms with Crippen molar-refractivity contribution in [1.82, 2.24) is 0 Å². The van der Waals surface area contributed by atoms with Crippen LogP contribution in [0.3, 0.4) is 0 Å². The molecule has 0 aliphatic heterocycles. The topological polar surface area (TPSA) is 93.7 Å². The Morgan fingerprint density at radius 2 is 1.58 bits per heavy atom. The summed E-state index contributed by atoms with van der Waals surface area (Å²) < 4.78 is 52.5. The minimum absolute atomic E-state index is 0.0127. The van der Waals surface area contributed by atoms with Crippen molar-refractivity contribution in [3.63, 3.8) is 0 Å². The highest BCUT2D eigenvalue weighted by Gasteiger charge is 2.20. The van der Waals surface area contributed by atoms with Gasteiger partial charge in [-0.3, -0.25) is 9.52 Å². The molecule has 0 heterocycles. The maximum atomic E-state index is 13.8. The van der Waals surface area contributed by atoms with Gasteiger partial charge in [-0.15, -0.1) is 0 Å². The number of benzene rings is 3. The normalized spacial score (nSPS) is 12.0. The van der Waals surface area contributed by atoms with Crippen molar-refractivity contribution < 1.29 is 27.1 Å². The molecule has 3 aromatic carbocycles. The lowest BCUT2D eigenvalue weighted by atomic mass is 10.2. The first kappa shape index (κ1) is 24.1. The second-order valence-electron chi connectivity index (χ2n) is 7.02. The van der Waals surface area contributed by atoms with Crippen LogP contribution in [-0.4, -0.2) is 27.0 Å². The molecule has 9 heteroatoms. The van der Waals surface area contributed by atoms with E-state index in [1.54, 1.807) is 37.3 Å². The van der Waals surface area contributed by atoms with Crippen LogP contribution in [0.4, 0.5) is 15.8 Å². The molecule has 0 saturated carbocycles. The highest BCUT2D eigenvalue weighted by molar-refractivity contribution is 7.92. The van der Waals surface area contributed by atoms with E-state index in [9.17, 15) is 17.6 Å². The number of hydrogen-bond donors (Lipinski definition) is 2. The van der Waals surface area contributed by atoms with E-state index in [2.05, 4.69) is 10.0 Å². The number of rotatable bonds is 10. The first-order valence-electron chi connectivity index (χ1n) is 10.4. The fourth-order valence-electron chi connectivity index (χ4n) is 2.96. The van der Waals surface area contributed by atoms with Crippen LogP contribution in [0.15, 0.2) is 77.7 Å². The molecule has 1 atom stereocenters. The number of amides is 1. The first-order chi connectivity index (χ1) is 15.8. The third kappa shape index (κ3) is 6.45. The van der Waals surface area contributed by atoms with E-state index in [-0.39, 0.29) is 10.6 Å². The smallest absolute Gasteiger partial charge is 0.265 e. The average Bonchev–Trinajstić information content (AvgIpc) is 2.80. The maximum absolute atomic E-state index is 13.8. The number of carbonyl (C=O) groups is 1. The van der Waals surface area contributed by atoms with Gasteiger partial charge in [0.15, 0.2) is 17.7 Å². The van der Waals surface area contributed by atoms with Crippen LogP contribution in [0, 0.1) is 5.82 Å². The zero-order chi connectivity index (χ0) is 23.8. The van der Waals surface area contributed by atoms with Gasteiger partial charge in [-0.2, -0.15) is 0 Å². The lowest BCUT2D eigenvalue weighted by molar-refractivity contribution is -0.122. The monoisotopic (exact) mass is 472 g/mol. The molecule has 0 aliphatic rings. The summed E-state index contributed by atoms with van der Waals surface area (Å²) in [4.78, 5) is 12.6. The Morgan fingerprint density at radius 1 is 0.939 bits per heavy atom. The Morgan fingerprint density at radius 3 is 2.18 bits per heavy atom. The molecule has 0 unspecified atom stereocenters. The van der Waals surface area contributed by atoms with Gasteiger partial charge >= 0.3 is 0 Å². The zero-order valence-electron chi connectivity index (χ0n) is 18.2. The molecule has 1 amide bonds. The molecule has 0 bridgehead atoms. The Hall–Kier alpha value is -3.59. The number of nitrogens with one attached hydrogen (secondary N) is 2. The van der Waals surface area contributed by atoms with Gasteiger partial charge in [0.1, 0.15) is 5.75 Å². The largest absolute Gasteiger partial charge is 0.494 e. The maximum Gasteiger partial charge on any atom is 0.265 e. The third-order valence-electron chi connectivity index (χ3n) is 4.62. The molecular weight excluding hydrogens is 447 g/mol. The van der Waals surface area contributed by atoms with Crippen LogP contribution in [0.1, 0.15) is 20.3 Å². The minimum Gasteiger partial charge on any atom is -0.494 e. The summed E-state index contributed by atoms with van der Waals surface area (Å²) in [5.74, 6) is -0.395. The van der Waals surface area contributed by atoms with Crippen molar-refractivity contribution in [2.75, 3.05) is 16.6 Å². The summed E-state index contributed by atoms with van der Waals surface area (Å²) in [7, 11) is -3.82. The molecule has 0 spiro atoms. The van der Waals surface area contributed by atoms with Crippen molar-refractivity contribution in [3.8, 4) is 11.5 Å². The lowest BCUT2D eigenvalue weighted by Gasteiger charge is -2.17. The van der Waals surface area contributed by atoms with Gasteiger partial charge in [0, 0.05) is 11.4 Å². The Labute approximate surface area is 192 Å². The molecule has 2 N–H and O–H groups in total. The SMILES string of the molecule is CCOc1ccc(NS(=O)(=O)c2ccc(NC(=O)[C@H](CC)Oc3ccccc3F)cc2)cc1. The number of carbonyl (C=O) groups excluding carboxylic acids is 1. The predicted octanol–water partition coefficient (Wildman–Crippen LogP) is 4.82. The van der Waals surface area contributed by atoms with Crippen molar-refractivity contribution in [3.05, 3.63) is 78.6 Å². The van der Waals surface area contributed by atoms with Gasteiger partial charge in [-0.25, -0.2) is 12.8 Å². The second kappa shape index (κ2) is 10.8. The molecular formula is C24H25FN2O5S. The molecule has 3 aromatic rings. The summed E-state index contributed by atoms with van der Waals surface area (Å²) in [6.45, 7) is 4.12. The predicted molar refractivity (Wildman–Crippen MR) is 125 cm³/mol. The molecule has 0 radical (unpaired) electrons. The number of para-hydroxylation sites is 1. The Balaban J connectivity index is 1.64. The number of hydrogen-bond acceptors (Lipinski definition) is 5. The van der Waals surface area contributed by atoms with E-state index in [0.29, 0.717) is 30.2 Å². The standard InChI is InChI=1S/C24H25FN2O5S/c1-3-22(32-23-8-6-5-7-21(23)25)24(28)26-17-11-15-20(16-12-17)33(29,30)27-18-9-13-19(14-10-18)31-4-2/h5-16,22,27H,3-4H2,1-2H3,(H,26,28)/t22-/m0/s1. The average molecular weight is 473 g/mol. The van der Waals surface area contributed by atoms with Crippen LogP contribution < -0.4 is 19.5 Å². The van der Waals surface area contributed by atoms with E-state index >= 15 is 0 Å². The van der Waals surface area contributed by atoms with E-state index in [1.165, 1.54) is 42.5 Å². The molecule has 0 aromatic heterocycles. The fourth-order valence-corrected chi connectivity index (χ4v) is 4.01. The Kier molecular flexibility index (Phi) is 7.89. The summed E-state index contributed by atoms with van der Waals surface area (Å²) in [5.41, 5.74) is 0.780. The first-order valence-corrected chi connectivity index (χ1v) is 11.9. The molecule has 174 valence electrons. The van der Waals surface area contributed by atoms with Gasteiger partial charge in [-0.1, -0.05) is 19.1 Å². The van der Waals surface area contributed by atoms with Gasteiger partial charge in [0.25, 0.3) is 15.9 Å². The van der Waals surface area contributed by atoms with Crippen molar-refractivity contribution >= 4 is 27.3 Å². The zero-order valence-corrected chi connectivity index (χ0v) is 19.1. The van der Waals surface area contributed by atoms with Crippen LogP contribution in [0.5, 0.6) is 11.5 Å². The minimum atomic E-state index is -3.82. The fraction of sp³-hybridized carbons (Fsp3) is 0.208. The van der Waals surface area contributed by atoms with Crippen molar-refractivity contribution in [2.24, 2.45) is 0 Å². The summed E-state index contributed by atoms with van der Waals surface area (Å²) in [6.07, 6.45) is -0.592. The lowest BCUT2D eigenvalue weighted by Crippen LogP contribution is -2.32. The van der Waals surface area contributed by atoms with Crippen LogP contribution in [-0.2, 0) is 14.8 Å². The van der Waals surface area contributed by atoms with Gasteiger partial charge < -0.3 is 14.8 Å². The number of sulfonamides is 1. The summed E-state index contributed by atoms with van der Waals surface area (Å²) >= 11 is 0. The van der Waals surface area contributed by atoms with E-state index in [0.717, 1.165) is 0 Å². The van der Waals surface area contributed by atoms with Crippen molar-refractivity contribution in [2.45, 2.75) is 31.3 Å². The summed E-state index contributed by atoms with van der Waals surface area (Å²) in [6, 6.07) is 18.1. The van der Waals surface area contributed by atoms with E-state index in [1.807, 2.05) is 6.92 Å². The van der Waals surface area contributed by atoms with Gasteiger partial charge in [0.2, 0.25) is 0 Å². The quantitative estimate of drug-likeness (QED) is 0.441. The van der Waals surface area contributed by atoms with E-state index < -0.39 is 27.9 Å². The molecule has 0 saturated heterocycles. The third-order valence-corrected chi connectivity index (χ3v) is 6.02. The van der Waals surface area contributed by atoms with Crippen LogP contribution in [0.25, 0.3) is 0 Å². The highest BCUT2D eigenvalue weighted by atomic mass is 32.2. The number of ether oxygens (including phenoxy) is 2. The van der Waals surface area contributed by atoms with Crippen LogP contribution >= 0.6 is 0 Å².